The molecule has 0 saturated carbocycles. The summed E-state index contributed by atoms with van der Waals surface area (Å²) in [5.74, 6) is -1.10. The van der Waals surface area contributed by atoms with Gasteiger partial charge in [-0.3, -0.25) is 4.72 Å². The van der Waals surface area contributed by atoms with E-state index in [4.69, 9.17) is 9.52 Å². The van der Waals surface area contributed by atoms with Gasteiger partial charge in [0.2, 0.25) is 0 Å². The minimum atomic E-state index is -3.87. The van der Waals surface area contributed by atoms with Gasteiger partial charge in [-0.15, -0.1) is 0 Å². The van der Waals surface area contributed by atoms with E-state index >= 15 is 0 Å². The summed E-state index contributed by atoms with van der Waals surface area (Å²) < 4.78 is 32.1. The number of benzene rings is 2. The molecule has 1 aromatic heterocycles. The number of carboxylic acids is 1. The zero-order chi connectivity index (χ0) is 17.3. The fourth-order valence-electron chi connectivity index (χ4n) is 2.11. The van der Waals surface area contributed by atoms with Crippen LogP contribution in [0.15, 0.2) is 68.7 Å². The maximum atomic E-state index is 12.4. The Hall–Kier alpha value is -3.13. The molecule has 7 nitrogen and oxygen atoms in total. The lowest BCUT2D eigenvalue weighted by Crippen LogP contribution is -2.13. The van der Waals surface area contributed by atoms with E-state index in [1.165, 1.54) is 54.6 Å². The number of carbonyl (C=O) groups is 1. The van der Waals surface area contributed by atoms with Gasteiger partial charge in [0, 0.05) is 17.1 Å². The zero-order valence-corrected chi connectivity index (χ0v) is 12.9. The molecule has 3 rings (SSSR count). The van der Waals surface area contributed by atoms with Gasteiger partial charge in [-0.05, 0) is 48.5 Å². The Bertz CT molecular complexity index is 1080. The first-order chi connectivity index (χ1) is 11.3. The quantitative estimate of drug-likeness (QED) is 0.701. The van der Waals surface area contributed by atoms with E-state index in [9.17, 15) is 18.0 Å². The van der Waals surface area contributed by atoms with Gasteiger partial charge in [-0.25, -0.2) is 18.0 Å². The number of fused-ring (bicyclic) bond motifs is 1. The summed E-state index contributed by atoms with van der Waals surface area (Å²) in [6.45, 7) is 0. The fourth-order valence-corrected chi connectivity index (χ4v) is 3.21. The first-order valence-electron chi connectivity index (χ1n) is 6.75. The number of hydrogen-bond donors (Lipinski definition) is 2. The molecule has 0 spiro atoms. The molecule has 122 valence electrons. The molecule has 2 N–H and O–H groups in total. The second-order valence-electron chi connectivity index (χ2n) is 4.94. The molecule has 0 radical (unpaired) electrons. The molecule has 8 heteroatoms. The van der Waals surface area contributed by atoms with Crippen molar-refractivity contribution in [2.24, 2.45) is 0 Å². The van der Waals surface area contributed by atoms with Gasteiger partial charge < -0.3 is 9.52 Å². The van der Waals surface area contributed by atoms with Crippen LogP contribution in [0.5, 0.6) is 0 Å². The molecule has 24 heavy (non-hydrogen) atoms. The van der Waals surface area contributed by atoms with Gasteiger partial charge in [-0.1, -0.05) is 0 Å². The van der Waals surface area contributed by atoms with Gasteiger partial charge in [0.25, 0.3) is 10.0 Å². The maximum Gasteiger partial charge on any atom is 0.336 e. The minimum absolute atomic E-state index is 0.00819. The maximum absolute atomic E-state index is 12.4. The van der Waals surface area contributed by atoms with Crippen LogP contribution in [0.1, 0.15) is 10.4 Å². The Morgan fingerprint density at radius 2 is 1.71 bits per heavy atom. The lowest BCUT2D eigenvalue weighted by Gasteiger charge is -2.09. The van der Waals surface area contributed by atoms with Crippen LogP contribution in [-0.4, -0.2) is 19.5 Å². The minimum Gasteiger partial charge on any atom is -0.478 e. The molecule has 0 unspecified atom stereocenters. The van der Waals surface area contributed by atoms with Crippen LogP contribution in [0.25, 0.3) is 11.0 Å². The third-order valence-electron chi connectivity index (χ3n) is 3.29. The van der Waals surface area contributed by atoms with Crippen molar-refractivity contribution in [1.82, 2.24) is 0 Å². The average Bonchev–Trinajstić information content (AvgIpc) is 2.54. The number of aromatic carboxylic acids is 1. The summed E-state index contributed by atoms with van der Waals surface area (Å²) in [4.78, 5) is 21.9. The third kappa shape index (κ3) is 3.13. The number of anilines is 1. The van der Waals surface area contributed by atoms with Gasteiger partial charge in [0.15, 0.2) is 0 Å². The predicted molar refractivity (Wildman–Crippen MR) is 86.7 cm³/mol. The van der Waals surface area contributed by atoms with Crippen molar-refractivity contribution in [3.05, 3.63) is 70.6 Å². The van der Waals surface area contributed by atoms with Gasteiger partial charge in [0.1, 0.15) is 5.58 Å². The highest BCUT2D eigenvalue weighted by Crippen LogP contribution is 2.21. The summed E-state index contributed by atoms with van der Waals surface area (Å²) in [6, 6.07) is 12.1. The molecule has 1 heterocycles. The van der Waals surface area contributed by atoms with Crippen LogP contribution < -0.4 is 10.3 Å². The average molecular weight is 345 g/mol. The Kier molecular flexibility index (Phi) is 3.82. The van der Waals surface area contributed by atoms with Crippen LogP contribution in [0.3, 0.4) is 0 Å². The molecular formula is C16H11NO6S. The van der Waals surface area contributed by atoms with Crippen molar-refractivity contribution < 1.29 is 22.7 Å². The van der Waals surface area contributed by atoms with E-state index in [1.807, 2.05) is 0 Å². The van der Waals surface area contributed by atoms with Gasteiger partial charge in [-0.2, -0.15) is 0 Å². The van der Waals surface area contributed by atoms with Crippen LogP contribution in [0.4, 0.5) is 5.69 Å². The molecule has 0 atom stereocenters. The number of nitrogens with one attached hydrogen (secondary N) is 1. The van der Waals surface area contributed by atoms with Crippen molar-refractivity contribution in [2.75, 3.05) is 4.72 Å². The third-order valence-corrected chi connectivity index (χ3v) is 4.66. The monoisotopic (exact) mass is 345 g/mol. The largest absolute Gasteiger partial charge is 0.478 e. The van der Waals surface area contributed by atoms with E-state index in [0.29, 0.717) is 5.39 Å². The van der Waals surface area contributed by atoms with E-state index in [0.717, 1.165) is 0 Å². The molecule has 0 aliphatic carbocycles. The van der Waals surface area contributed by atoms with Crippen molar-refractivity contribution >= 4 is 32.6 Å². The topological polar surface area (TPSA) is 114 Å². The highest BCUT2D eigenvalue weighted by molar-refractivity contribution is 7.92. The first-order valence-corrected chi connectivity index (χ1v) is 8.23. The Morgan fingerprint density at radius 3 is 2.38 bits per heavy atom. The molecule has 0 saturated heterocycles. The number of hydrogen-bond acceptors (Lipinski definition) is 5. The zero-order valence-electron chi connectivity index (χ0n) is 12.1. The van der Waals surface area contributed by atoms with E-state index in [-0.39, 0.29) is 21.7 Å². The van der Waals surface area contributed by atoms with Crippen LogP contribution in [0.2, 0.25) is 0 Å². The van der Waals surface area contributed by atoms with Crippen molar-refractivity contribution in [3.8, 4) is 0 Å². The van der Waals surface area contributed by atoms with E-state index < -0.39 is 21.6 Å². The van der Waals surface area contributed by atoms with Crippen LogP contribution in [0, 0.1) is 0 Å². The first kappa shape index (κ1) is 15.8. The lowest BCUT2D eigenvalue weighted by molar-refractivity contribution is 0.0697. The predicted octanol–water partition coefficient (Wildman–Crippen LogP) is 2.29. The Morgan fingerprint density at radius 1 is 1.00 bits per heavy atom. The van der Waals surface area contributed by atoms with Crippen LogP contribution >= 0.6 is 0 Å². The second-order valence-corrected chi connectivity index (χ2v) is 6.62. The normalized spacial score (nSPS) is 11.3. The number of sulfonamides is 1. The molecule has 0 aliphatic heterocycles. The van der Waals surface area contributed by atoms with Crippen molar-refractivity contribution in [3.63, 3.8) is 0 Å². The standard InChI is InChI=1S/C16H11NO6S/c18-15-8-3-11-9-13(6-7-14(11)23-15)24(21,22)17-12-4-1-10(2-5-12)16(19)20/h1-9,17H,(H,19,20). The molecule has 0 bridgehead atoms. The molecule has 0 aliphatic rings. The Labute approximate surface area is 136 Å². The van der Waals surface area contributed by atoms with Gasteiger partial charge >= 0.3 is 11.6 Å². The summed E-state index contributed by atoms with van der Waals surface area (Å²) >= 11 is 0. The SMILES string of the molecule is O=C(O)c1ccc(NS(=O)(=O)c2ccc3oc(=O)ccc3c2)cc1. The van der Waals surface area contributed by atoms with Crippen molar-refractivity contribution in [1.29, 1.82) is 0 Å². The molecule has 3 aromatic rings. The smallest absolute Gasteiger partial charge is 0.336 e. The summed E-state index contributed by atoms with van der Waals surface area (Å²) in [7, 11) is -3.87. The van der Waals surface area contributed by atoms with E-state index in [2.05, 4.69) is 4.72 Å². The van der Waals surface area contributed by atoms with E-state index in [1.54, 1.807) is 0 Å². The second kappa shape index (κ2) is 5.82. The summed E-state index contributed by atoms with van der Waals surface area (Å²) in [5, 5.41) is 9.31. The van der Waals surface area contributed by atoms with Crippen molar-refractivity contribution in [2.45, 2.75) is 4.90 Å². The molecule has 0 fully saturated rings. The number of carboxylic acid groups (broad SMARTS) is 1. The van der Waals surface area contributed by atoms with Gasteiger partial charge in [0.05, 0.1) is 10.5 Å². The fraction of sp³-hybridized carbons (Fsp3) is 0. The highest BCUT2D eigenvalue weighted by Gasteiger charge is 2.15. The van der Waals surface area contributed by atoms with Crippen LogP contribution in [-0.2, 0) is 10.0 Å². The lowest BCUT2D eigenvalue weighted by atomic mass is 10.2. The number of rotatable bonds is 4. The summed E-state index contributed by atoms with van der Waals surface area (Å²) in [5.41, 5.74) is 0.0559. The molecular weight excluding hydrogens is 334 g/mol. The highest BCUT2D eigenvalue weighted by atomic mass is 32.2. The molecule has 0 amide bonds. The molecule has 2 aromatic carbocycles. The summed E-state index contributed by atoms with van der Waals surface area (Å²) in [6.07, 6.45) is 0. The Balaban J connectivity index is 1.93.